The van der Waals surface area contributed by atoms with Crippen LogP contribution in [0.2, 0.25) is 0 Å². The van der Waals surface area contributed by atoms with Gasteiger partial charge in [-0.3, -0.25) is 14.5 Å². The number of aliphatic hydroxyl groups excluding tert-OH is 1. The van der Waals surface area contributed by atoms with E-state index in [1.165, 1.54) is 40.5 Å². The van der Waals surface area contributed by atoms with Crippen molar-refractivity contribution in [3.8, 4) is 5.75 Å². The van der Waals surface area contributed by atoms with Gasteiger partial charge in [-0.2, -0.15) is 0 Å². The molecule has 1 aromatic heterocycles. The van der Waals surface area contributed by atoms with Gasteiger partial charge < -0.3 is 10.2 Å². The number of amides is 1. The fourth-order valence-corrected chi connectivity index (χ4v) is 4.26. The maximum absolute atomic E-state index is 13.3. The first-order valence-electron chi connectivity index (χ1n) is 9.08. The first-order chi connectivity index (χ1) is 14.3. The summed E-state index contributed by atoms with van der Waals surface area (Å²) in [5, 5.41) is 20.9. The van der Waals surface area contributed by atoms with Crippen LogP contribution in [0.5, 0.6) is 5.75 Å². The summed E-state index contributed by atoms with van der Waals surface area (Å²) in [5.74, 6) is -2.55. The minimum atomic E-state index is -0.944. The summed E-state index contributed by atoms with van der Waals surface area (Å²) in [6, 6.07) is 10.1. The summed E-state index contributed by atoms with van der Waals surface area (Å²) in [6.07, 6.45) is 0. The lowest BCUT2D eigenvalue weighted by molar-refractivity contribution is -0.132. The summed E-state index contributed by atoms with van der Waals surface area (Å²) in [5.41, 5.74) is 1.34. The van der Waals surface area contributed by atoms with E-state index < -0.39 is 29.3 Å². The molecular formula is C22H17FN2O4S. The molecule has 1 saturated heterocycles. The van der Waals surface area contributed by atoms with Crippen molar-refractivity contribution < 1.29 is 24.2 Å². The number of phenolic OH excluding ortho intramolecular Hbond substituents is 1. The Morgan fingerprint density at radius 2 is 1.70 bits per heavy atom. The zero-order chi connectivity index (χ0) is 21.6. The number of Topliss-reactive ketones (excluding diaryl/α,β-unsaturated/α-hetero) is 1. The summed E-state index contributed by atoms with van der Waals surface area (Å²) in [7, 11) is 0. The average Bonchev–Trinajstić information content (AvgIpc) is 3.18. The third-order valence-corrected chi connectivity index (χ3v) is 6.07. The van der Waals surface area contributed by atoms with Gasteiger partial charge in [-0.05, 0) is 55.8 Å². The summed E-state index contributed by atoms with van der Waals surface area (Å²) in [4.78, 5) is 32.5. The van der Waals surface area contributed by atoms with E-state index in [9.17, 15) is 24.2 Å². The highest BCUT2D eigenvalue weighted by atomic mass is 32.1. The Morgan fingerprint density at radius 3 is 2.27 bits per heavy atom. The molecule has 0 unspecified atom stereocenters. The maximum Gasteiger partial charge on any atom is 0.301 e. The van der Waals surface area contributed by atoms with Crippen LogP contribution in [0.3, 0.4) is 0 Å². The molecule has 8 heteroatoms. The lowest BCUT2D eigenvalue weighted by Gasteiger charge is -2.23. The van der Waals surface area contributed by atoms with E-state index in [0.717, 1.165) is 22.7 Å². The van der Waals surface area contributed by atoms with E-state index in [0.29, 0.717) is 10.7 Å². The molecule has 0 spiro atoms. The van der Waals surface area contributed by atoms with Crippen LogP contribution >= 0.6 is 11.3 Å². The first-order valence-corrected chi connectivity index (χ1v) is 9.89. The second kappa shape index (κ2) is 7.38. The highest BCUT2D eigenvalue weighted by Gasteiger charge is 2.48. The Kier molecular flexibility index (Phi) is 4.87. The fourth-order valence-electron chi connectivity index (χ4n) is 3.32. The molecule has 0 bridgehead atoms. The molecule has 2 N–H and O–H groups in total. The summed E-state index contributed by atoms with van der Waals surface area (Å²) < 4.78 is 13.3. The highest BCUT2D eigenvalue weighted by Crippen LogP contribution is 2.43. The van der Waals surface area contributed by atoms with Crippen LogP contribution in [0.4, 0.5) is 9.52 Å². The van der Waals surface area contributed by atoms with Crippen molar-refractivity contribution in [2.24, 2.45) is 0 Å². The third-order valence-electron chi connectivity index (χ3n) is 4.99. The Labute approximate surface area is 175 Å². The van der Waals surface area contributed by atoms with Gasteiger partial charge in [0.2, 0.25) is 0 Å². The van der Waals surface area contributed by atoms with Crippen LogP contribution in [0.1, 0.15) is 27.7 Å². The van der Waals surface area contributed by atoms with Gasteiger partial charge in [0.15, 0.2) is 5.13 Å². The molecule has 1 amide bonds. The first kappa shape index (κ1) is 19.8. The van der Waals surface area contributed by atoms with Crippen molar-refractivity contribution in [1.82, 2.24) is 4.98 Å². The largest absolute Gasteiger partial charge is 0.508 e. The van der Waals surface area contributed by atoms with Crippen molar-refractivity contribution >= 4 is 33.9 Å². The van der Waals surface area contributed by atoms with Crippen molar-refractivity contribution in [3.63, 3.8) is 0 Å². The van der Waals surface area contributed by atoms with E-state index in [1.807, 2.05) is 6.92 Å². The SMILES string of the molecule is Cc1nc(N2C(=O)C(=O)C(=C(O)c3ccc(F)cc3)[C@H]2c2ccc(O)cc2)sc1C. The number of hydrogen-bond acceptors (Lipinski definition) is 6. The van der Waals surface area contributed by atoms with Gasteiger partial charge in [-0.25, -0.2) is 9.37 Å². The highest BCUT2D eigenvalue weighted by molar-refractivity contribution is 7.16. The third kappa shape index (κ3) is 3.25. The van der Waals surface area contributed by atoms with Crippen LogP contribution < -0.4 is 4.90 Å². The quantitative estimate of drug-likeness (QED) is 0.373. The van der Waals surface area contributed by atoms with E-state index in [2.05, 4.69) is 4.98 Å². The van der Waals surface area contributed by atoms with Gasteiger partial charge >= 0.3 is 5.91 Å². The Hall–Kier alpha value is -3.52. The number of nitrogens with zero attached hydrogens (tertiary/aromatic N) is 2. The molecule has 1 atom stereocenters. The van der Waals surface area contributed by atoms with Crippen LogP contribution in [0, 0.1) is 19.7 Å². The van der Waals surface area contributed by atoms with E-state index in [1.54, 1.807) is 19.1 Å². The minimum Gasteiger partial charge on any atom is -0.508 e. The monoisotopic (exact) mass is 424 g/mol. The molecule has 30 heavy (non-hydrogen) atoms. The molecule has 6 nitrogen and oxygen atoms in total. The molecule has 0 radical (unpaired) electrons. The number of aromatic nitrogens is 1. The smallest absolute Gasteiger partial charge is 0.301 e. The van der Waals surface area contributed by atoms with Crippen molar-refractivity contribution in [2.75, 3.05) is 4.90 Å². The van der Waals surface area contributed by atoms with Gasteiger partial charge in [0.1, 0.15) is 17.3 Å². The number of rotatable bonds is 3. The predicted octanol–water partition coefficient (Wildman–Crippen LogP) is 4.23. The number of halogens is 1. The van der Waals surface area contributed by atoms with Gasteiger partial charge in [0, 0.05) is 10.4 Å². The molecule has 152 valence electrons. The maximum atomic E-state index is 13.3. The van der Waals surface area contributed by atoms with Gasteiger partial charge in [-0.15, -0.1) is 11.3 Å². The van der Waals surface area contributed by atoms with Crippen molar-refractivity contribution in [3.05, 3.63) is 81.6 Å². The molecule has 1 aliphatic heterocycles. The van der Waals surface area contributed by atoms with E-state index in [-0.39, 0.29) is 16.9 Å². The molecule has 2 heterocycles. The lowest BCUT2D eigenvalue weighted by Crippen LogP contribution is -2.29. The number of carbonyl (C=O) groups is 2. The van der Waals surface area contributed by atoms with Crippen molar-refractivity contribution in [2.45, 2.75) is 19.9 Å². The second-order valence-electron chi connectivity index (χ2n) is 6.91. The molecule has 0 aliphatic carbocycles. The number of aryl methyl sites for hydroxylation is 2. The van der Waals surface area contributed by atoms with Crippen LogP contribution in [-0.4, -0.2) is 26.9 Å². The number of aliphatic hydroxyl groups is 1. The van der Waals surface area contributed by atoms with E-state index >= 15 is 0 Å². The Bertz CT molecular complexity index is 1160. The average molecular weight is 424 g/mol. The molecule has 1 fully saturated rings. The number of benzene rings is 2. The standard InChI is InChI=1S/C22H17FN2O4S/c1-11-12(2)30-22(24-11)25-18(13-5-9-16(26)10-6-13)17(20(28)21(25)29)19(27)14-3-7-15(23)8-4-14/h3-10,18,26-27H,1-2H3/t18-/m1/s1. The zero-order valence-electron chi connectivity index (χ0n) is 16.1. The zero-order valence-corrected chi connectivity index (χ0v) is 16.9. The number of thiazole rings is 1. The summed E-state index contributed by atoms with van der Waals surface area (Å²) in [6.45, 7) is 3.67. The summed E-state index contributed by atoms with van der Waals surface area (Å²) >= 11 is 1.27. The molecule has 1 aliphatic rings. The topological polar surface area (TPSA) is 90.7 Å². The Balaban J connectivity index is 1.94. The van der Waals surface area contributed by atoms with Gasteiger partial charge in [0.05, 0.1) is 17.3 Å². The number of carbonyl (C=O) groups excluding carboxylic acids is 2. The number of anilines is 1. The van der Waals surface area contributed by atoms with Gasteiger partial charge in [0.25, 0.3) is 5.78 Å². The minimum absolute atomic E-state index is 0.0233. The number of phenols is 1. The Morgan fingerprint density at radius 1 is 1.07 bits per heavy atom. The van der Waals surface area contributed by atoms with Crippen LogP contribution in [0.25, 0.3) is 5.76 Å². The molecule has 2 aromatic carbocycles. The lowest BCUT2D eigenvalue weighted by atomic mass is 9.95. The molecule has 0 saturated carbocycles. The normalized spacial score (nSPS) is 18.2. The molecule has 4 rings (SSSR count). The van der Waals surface area contributed by atoms with Gasteiger partial charge in [-0.1, -0.05) is 12.1 Å². The molecule has 3 aromatic rings. The number of hydrogen-bond donors (Lipinski definition) is 2. The number of ketones is 1. The van der Waals surface area contributed by atoms with Crippen LogP contribution in [0.15, 0.2) is 54.1 Å². The van der Waals surface area contributed by atoms with E-state index in [4.69, 9.17) is 0 Å². The fraction of sp³-hybridized carbons (Fsp3) is 0.136. The predicted molar refractivity (Wildman–Crippen MR) is 111 cm³/mol. The number of aromatic hydroxyl groups is 1. The van der Waals surface area contributed by atoms with Crippen LogP contribution in [-0.2, 0) is 9.59 Å². The molecular weight excluding hydrogens is 407 g/mol. The van der Waals surface area contributed by atoms with Crippen molar-refractivity contribution in [1.29, 1.82) is 0 Å². The second-order valence-corrected chi connectivity index (χ2v) is 8.09.